The summed E-state index contributed by atoms with van der Waals surface area (Å²) in [5, 5.41) is 4.73. The summed E-state index contributed by atoms with van der Waals surface area (Å²) in [5.74, 6) is 0.935. The van der Waals surface area contributed by atoms with Crippen molar-refractivity contribution in [2.24, 2.45) is 0 Å². The molecular formula is C23H26N4O4S. The predicted molar refractivity (Wildman–Crippen MR) is 118 cm³/mol. The Morgan fingerprint density at radius 1 is 1.12 bits per heavy atom. The van der Waals surface area contributed by atoms with Gasteiger partial charge in [-0.05, 0) is 50.7 Å². The van der Waals surface area contributed by atoms with Gasteiger partial charge in [0.15, 0.2) is 21.3 Å². The molecule has 3 aromatic rings. The van der Waals surface area contributed by atoms with E-state index in [0.29, 0.717) is 31.1 Å². The molecule has 2 unspecified atom stereocenters. The summed E-state index contributed by atoms with van der Waals surface area (Å²) in [7, 11) is -3.07. The lowest BCUT2D eigenvalue weighted by Crippen LogP contribution is -2.40. The van der Waals surface area contributed by atoms with Crippen molar-refractivity contribution in [3.05, 3.63) is 47.1 Å². The highest BCUT2D eigenvalue weighted by Gasteiger charge is 2.38. The van der Waals surface area contributed by atoms with Crippen molar-refractivity contribution in [2.45, 2.75) is 50.5 Å². The zero-order valence-corrected chi connectivity index (χ0v) is 18.7. The fourth-order valence-electron chi connectivity index (χ4n) is 5.45. The Hall–Kier alpha value is -2.68. The van der Waals surface area contributed by atoms with E-state index in [1.54, 1.807) is 4.68 Å². The van der Waals surface area contributed by atoms with Crippen LogP contribution in [0.4, 0.5) is 0 Å². The van der Waals surface area contributed by atoms with Crippen LogP contribution in [0.5, 0.6) is 0 Å². The quantitative estimate of drug-likeness (QED) is 0.604. The molecule has 1 aromatic carbocycles. The van der Waals surface area contributed by atoms with Gasteiger partial charge in [0.25, 0.3) is 5.91 Å². The molecule has 9 heteroatoms. The molecule has 2 atom stereocenters. The lowest BCUT2D eigenvalue weighted by molar-refractivity contribution is 0.0682. The smallest absolute Gasteiger partial charge is 0.272 e. The minimum Gasteiger partial charge on any atom is -0.440 e. The highest BCUT2D eigenvalue weighted by atomic mass is 32.2. The number of carbonyl (C=O) groups excluding carboxylic acids is 1. The molecule has 8 nitrogen and oxygen atoms in total. The number of para-hydroxylation sites is 2. The summed E-state index contributed by atoms with van der Waals surface area (Å²) in [6.45, 7) is 1.23. The molecule has 32 heavy (non-hydrogen) atoms. The summed E-state index contributed by atoms with van der Waals surface area (Å²) in [5.41, 5.74) is 4.19. The molecule has 1 amide bonds. The van der Waals surface area contributed by atoms with E-state index >= 15 is 0 Å². The Morgan fingerprint density at radius 3 is 2.81 bits per heavy atom. The lowest BCUT2D eigenvalue weighted by atomic mass is 9.97. The summed E-state index contributed by atoms with van der Waals surface area (Å²) in [4.78, 5) is 20.3. The number of fused-ring (bicyclic) bond motifs is 2. The third kappa shape index (κ3) is 3.34. The number of rotatable bonds is 3. The third-order valence-electron chi connectivity index (χ3n) is 7.06. The monoisotopic (exact) mass is 454 g/mol. The second-order valence-electron chi connectivity index (χ2n) is 9.24. The zero-order valence-electron chi connectivity index (χ0n) is 17.9. The van der Waals surface area contributed by atoms with Gasteiger partial charge >= 0.3 is 0 Å². The predicted octanol–water partition coefficient (Wildman–Crippen LogP) is 2.89. The number of aryl methyl sites for hydroxylation is 1. The maximum atomic E-state index is 13.8. The Balaban J connectivity index is 1.30. The maximum absolute atomic E-state index is 13.8. The van der Waals surface area contributed by atoms with E-state index in [2.05, 4.69) is 4.98 Å². The third-order valence-corrected chi connectivity index (χ3v) is 8.81. The highest BCUT2D eigenvalue weighted by molar-refractivity contribution is 7.91. The molecule has 2 aromatic heterocycles. The molecule has 3 aliphatic rings. The molecule has 2 aliphatic heterocycles. The first-order valence-corrected chi connectivity index (χ1v) is 13.3. The van der Waals surface area contributed by atoms with Gasteiger partial charge in [0.05, 0.1) is 29.2 Å². The average Bonchev–Trinajstić information content (AvgIpc) is 3.55. The SMILES string of the molecule is O=C(c1c2c(nn1C1CCS(=O)(=O)C1)CCC2)N1CCCC(c2nc3ccccc3o2)C1. The number of nitrogens with zero attached hydrogens (tertiary/aromatic N) is 4. The second-order valence-corrected chi connectivity index (χ2v) is 11.5. The van der Waals surface area contributed by atoms with Crippen LogP contribution < -0.4 is 0 Å². The normalized spacial score (nSPS) is 24.8. The molecule has 2 saturated heterocycles. The van der Waals surface area contributed by atoms with E-state index in [1.165, 1.54) is 0 Å². The van der Waals surface area contributed by atoms with Crippen molar-refractivity contribution in [1.29, 1.82) is 0 Å². The number of hydrogen-bond acceptors (Lipinski definition) is 6. The van der Waals surface area contributed by atoms with Crippen molar-refractivity contribution in [3.8, 4) is 0 Å². The number of oxazole rings is 1. The van der Waals surface area contributed by atoms with Crippen LogP contribution in [-0.2, 0) is 22.7 Å². The van der Waals surface area contributed by atoms with Gasteiger partial charge in [-0.25, -0.2) is 13.4 Å². The number of carbonyl (C=O) groups is 1. The van der Waals surface area contributed by atoms with E-state index < -0.39 is 9.84 Å². The van der Waals surface area contributed by atoms with E-state index in [-0.39, 0.29) is 29.4 Å². The topological polar surface area (TPSA) is 98.3 Å². The molecule has 6 rings (SSSR count). The molecule has 168 valence electrons. The average molecular weight is 455 g/mol. The summed E-state index contributed by atoms with van der Waals surface area (Å²) in [6, 6.07) is 7.47. The number of amides is 1. The molecule has 0 radical (unpaired) electrons. The van der Waals surface area contributed by atoms with Gasteiger partial charge in [-0.3, -0.25) is 9.48 Å². The Bertz CT molecular complexity index is 1280. The number of hydrogen-bond donors (Lipinski definition) is 0. The van der Waals surface area contributed by atoms with Crippen LogP contribution in [0.2, 0.25) is 0 Å². The van der Waals surface area contributed by atoms with Gasteiger partial charge < -0.3 is 9.32 Å². The zero-order chi connectivity index (χ0) is 21.9. The Kier molecular flexibility index (Phi) is 4.64. The van der Waals surface area contributed by atoms with Gasteiger partial charge in [-0.15, -0.1) is 0 Å². The molecule has 1 aliphatic carbocycles. The van der Waals surface area contributed by atoms with E-state index in [0.717, 1.165) is 54.5 Å². The molecular weight excluding hydrogens is 428 g/mol. The van der Waals surface area contributed by atoms with Gasteiger partial charge in [0.1, 0.15) is 11.2 Å². The molecule has 0 spiro atoms. The maximum Gasteiger partial charge on any atom is 0.272 e. The van der Waals surface area contributed by atoms with Crippen molar-refractivity contribution in [2.75, 3.05) is 24.6 Å². The van der Waals surface area contributed by atoms with Gasteiger partial charge in [0.2, 0.25) is 0 Å². The number of benzene rings is 1. The van der Waals surface area contributed by atoms with Gasteiger partial charge in [-0.1, -0.05) is 12.1 Å². The molecule has 0 saturated carbocycles. The van der Waals surface area contributed by atoms with Crippen LogP contribution in [0, 0.1) is 0 Å². The fourth-order valence-corrected chi connectivity index (χ4v) is 7.14. The summed E-state index contributed by atoms with van der Waals surface area (Å²) in [6.07, 6.45) is 5.01. The Labute approximate surface area is 186 Å². The van der Waals surface area contributed by atoms with E-state index in [9.17, 15) is 13.2 Å². The van der Waals surface area contributed by atoms with Crippen molar-refractivity contribution < 1.29 is 17.6 Å². The van der Waals surface area contributed by atoms with Gasteiger partial charge in [-0.2, -0.15) is 5.10 Å². The van der Waals surface area contributed by atoms with Crippen molar-refractivity contribution in [3.63, 3.8) is 0 Å². The first kappa shape index (κ1) is 20.0. The molecule has 4 heterocycles. The Morgan fingerprint density at radius 2 is 2.00 bits per heavy atom. The number of sulfone groups is 1. The van der Waals surface area contributed by atoms with Crippen LogP contribution in [0.15, 0.2) is 28.7 Å². The second kappa shape index (κ2) is 7.43. The number of piperidine rings is 1. The fraction of sp³-hybridized carbons (Fsp3) is 0.522. The summed E-state index contributed by atoms with van der Waals surface area (Å²) >= 11 is 0. The number of likely N-dealkylation sites (tertiary alicyclic amines) is 1. The first-order chi connectivity index (χ1) is 15.5. The molecule has 2 fully saturated rings. The van der Waals surface area contributed by atoms with Crippen molar-refractivity contribution >= 4 is 26.8 Å². The molecule has 0 N–H and O–H groups in total. The minimum atomic E-state index is -3.07. The van der Waals surface area contributed by atoms with E-state index in [4.69, 9.17) is 9.52 Å². The lowest BCUT2D eigenvalue weighted by Gasteiger charge is -2.32. The van der Waals surface area contributed by atoms with Gasteiger partial charge in [0, 0.05) is 18.7 Å². The van der Waals surface area contributed by atoms with Crippen LogP contribution in [-0.4, -0.2) is 58.6 Å². The first-order valence-electron chi connectivity index (χ1n) is 11.4. The highest BCUT2D eigenvalue weighted by Crippen LogP contribution is 2.34. The van der Waals surface area contributed by atoms with Crippen LogP contribution in [0.1, 0.15) is 65.3 Å². The van der Waals surface area contributed by atoms with E-state index in [1.807, 2.05) is 29.2 Å². The van der Waals surface area contributed by atoms with Crippen LogP contribution in [0.3, 0.4) is 0 Å². The van der Waals surface area contributed by atoms with Crippen LogP contribution in [0.25, 0.3) is 11.1 Å². The standard InChI is InChI=1S/C23H26N4O4S/c28-23(21-17-6-3-8-18(17)25-27(21)16-10-12-32(29,30)14-16)26-11-4-5-15(13-26)22-24-19-7-1-2-9-20(19)31-22/h1-2,7,9,15-16H,3-6,8,10-14H2. The summed E-state index contributed by atoms with van der Waals surface area (Å²) < 4.78 is 31.9. The minimum absolute atomic E-state index is 0.0363. The number of aromatic nitrogens is 3. The largest absolute Gasteiger partial charge is 0.440 e. The van der Waals surface area contributed by atoms with Crippen LogP contribution >= 0.6 is 0 Å². The van der Waals surface area contributed by atoms with Crippen molar-refractivity contribution in [1.82, 2.24) is 19.7 Å². The molecule has 0 bridgehead atoms.